The highest BCUT2D eigenvalue weighted by atomic mass is 19.4. The zero-order valence-electron chi connectivity index (χ0n) is 13.7. The number of alkyl halides is 3. The molecular formula is C17H17F3N4O2. The highest BCUT2D eigenvalue weighted by molar-refractivity contribution is 5.95. The van der Waals surface area contributed by atoms with Gasteiger partial charge in [-0.3, -0.25) is 10.0 Å². The van der Waals surface area contributed by atoms with Gasteiger partial charge in [-0.15, -0.1) is 0 Å². The van der Waals surface area contributed by atoms with Gasteiger partial charge in [0.1, 0.15) is 0 Å². The van der Waals surface area contributed by atoms with Crippen LogP contribution in [0.25, 0.3) is 0 Å². The maximum Gasteiger partial charge on any atom is 0.392 e. The molecule has 2 aliphatic rings. The number of amides is 1. The van der Waals surface area contributed by atoms with Crippen LogP contribution in [0.5, 0.6) is 0 Å². The van der Waals surface area contributed by atoms with Gasteiger partial charge >= 0.3 is 6.18 Å². The number of rotatable bonds is 2. The zero-order chi connectivity index (χ0) is 18.5. The number of fused-ring (bicyclic) bond motifs is 2. The van der Waals surface area contributed by atoms with Crippen molar-refractivity contribution in [3.8, 4) is 0 Å². The van der Waals surface area contributed by atoms with E-state index in [9.17, 15) is 18.0 Å². The Labute approximate surface area is 147 Å². The van der Waals surface area contributed by atoms with Gasteiger partial charge in [-0.05, 0) is 30.0 Å². The summed E-state index contributed by atoms with van der Waals surface area (Å²) in [6, 6.07) is 5.23. The molecular weight excluding hydrogens is 349 g/mol. The molecule has 138 valence electrons. The summed E-state index contributed by atoms with van der Waals surface area (Å²) in [6.07, 6.45) is -3.91. The molecule has 0 saturated heterocycles. The Morgan fingerprint density at radius 1 is 1.35 bits per heavy atom. The first kappa shape index (κ1) is 16.9. The van der Waals surface area contributed by atoms with E-state index in [-0.39, 0.29) is 12.8 Å². The molecule has 6 nitrogen and oxygen atoms in total. The molecule has 0 radical (unpaired) electrons. The van der Waals surface area contributed by atoms with Gasteiger partial charge in [-0.1, -0.05) is 12.1 Å². The molecule has 0 saturated carbocycles. The number of hydroxylamine groups is 1. The second kappa shape index (κ2) is 6.01. The molecule has 1 atom stereocenters. The van der Waals surface area contributed by atoms with E-state index in [0.29, 0.717) is 36.7 Å². The van der Waals surface area contributed by atoms with Gasteiger partial charge in [-0.25, -0.2) is 10.5 Å². The minimum atomic E-state index is -4.20. The Morgan fingerprint density at radius 3 is 2.88 bits per heavy atom. The molecule has 9 heteroatoms. The van der Waals surface area contributed by atoms with Crippen LogP contribution in [0.15, 0.2) is 18.2 Å². The normalized spacial score (nSPS) is 19.2. The fraction of sp³-hybridized carbons (Fsp3) is 0.412. The molecule has 2 heterocycles. The van der Waals surface area contributed by atoms with Crippen molar-refractivity contribution in [2.24, 2.45) is 5.92 Å². The third-order valence-electron chi connectivity index (χ3n) is 5.13. The number of nitrogens with one attached hydrogen (secondary N) is 2. The van der Waals surface area contributed by atoms with Crippen LogP contribution in [0.4, 0.5) is 19.1 Å². The van der Waals surface area contributed by atoms with E-state index in [4.69, 9.17) is 5.21 Å². The zero-order valence-corrected chi connectivity index (χ0v) is 13.7. The largest absolute Gasteiger partial charge is 0.392 e. The molecule has 3 N–H and O–H groups in total. The fourth-order valence-electron chi connectivity index (χ4n) is 3.73. The Kier molecular flexibility index (Phi) is 3.91. The van der Waals surface area contributed by atoms with Gasteiger partial charge < -0.3 is 9.88 Å². The molecule has 2 aromatic rings. The average molecular weight is 366 g/mol. The Balaban J connectivity index is 1.58. The van der Waals surface area contributed by atoms with Crippen molar-refractivity contribution in [2.45, 2.75) is 38.5 Å². The minimum absolute atomic E-state index is 0.0686. The van der Waals surface area contributed by atoms with Crippen molar-refractivity contribution < 1.29 is 23.2 Å². The van der Waals surface area contributed by atoms with Gasteiger partial charge in [0.15, 0.2) is 0 Å². The number of aryl methyl sites for hydroxylation is 1. The van der Waals surface area contributed by atoms with Crippen LogP contribution in [0.2, 0.25) is 0 Å². The number of anilines is 1. The van der Waals surface area contributed by atoms with Crippen LogP contribution < -0.4 is 10.4 Å². The summed E-state index contributed by atoms with van der Waals surface area (Å²) in [5, 5.41) is 8.88. The van der Waals surface area contributed by atoms with E-state index >= 15 is 0 Å². The highest BCUT2D eigenvalue weighted by Gasteiger charge is 2.42. The number of aromatic amines is 1. The minimum Gasteiger partial charge on any atom is -0.334 e. The van der Waals surface area contributed by atoms with Crippen LogP contribution in [0.3, 0.4) is 0 Å². The first-order valence-corrected chi connectivity index (χ1v) is 8.31. The SMILES string of the molecule is O=C(NO)c1cccc2c1CN(c1nc3c([nH]1)CC[C@H](C(F)(F)F)C3)C2. The molecule has 4 rings (SSSR count). The Morgan fingerprint density at radius 2 is 2.15 bits per heavy atom. The molecule has 1 aliphatic heterocycles. The van der Waals surface area contributed by atoms with Gasteiger partial charge in [0.05, 0.1) is 11.6 Å². The van der Waals surface area contributed by atoms with E-state index in [1.807, 2.05) is 11.0 Å². The Bertz CT molecular complexity index is 862. The molecule has 0 fully saturated rings. The molecule has 1 aromatic heterocycles. The lowest BCUT2D eigenvalue weighted by Crippen LogP contribution is -2.28. The first-order chi connectivity index (χ1) is 12.4. The van der Waals surface area contributed by atoms with E-state index in [1.54, 1.807) is 17.6 Å². The van der Waals surface area contributed by atoms with Crippen molar-refractivity contribution in [2.75, 3.05) is 4.90 Å². The smallest absolute Gasteiger partial charge is 0.334 e. The van der Waals surface area contributed by atoms with Crippen LogP contribution in [-0.4, -0.2) is 27.3 Å². The van der Waals surface area contributed by atoms with E-state index in [2.05, 4.69) is 9.97 Å². The lowest BCUT2D eigenvalue weighted by atomic mass is 9.89. The number of hydrogen-bond acceptors (Lipinski definition) is 4. The fourth-order valence-corrected chi connectivity index (χ4v) is 3.73. The number of imidazole rings is 1. The Hall–Kier alpha value is -2.55. The van der Waals surface area contributed by atoms with E-state index in [1.165, 1.54) is 0 Å². The van der Waals surface area contributed by atoms with Crippen LogP contribution in [0, 0.1) is 5.92 Å². The third kappa shape index (κ3) is 2.82. The standard InChI is InChI=1S/C17H17F3N4O2/c18-17(19,20)10-4-5-13-14(6-10)22-16(21-13)24-7-9-2-1-3-11(12(9)8-24)15(25)23-26/h1-3,10,26H,4-8H2,(H,21,22)(H,23,25)/t10-/m0/s1. The maximum atomic E-state index is 13.0. The number of hydrogen-bond donors (Lipinski definition) is 3. The number of carbonyl (C=O) groups is 1. The molecule has 0 spiro atoms. The van der Waals surface area contributed by atoms with Gasteiger partial charge in [0.2, 0.25) is 5.95 Å². The predicted molar refractivity (Wildman–Crippen MR) is 85.7 cm³/mol. The summed E-state index contributed by atoms with van der Waals surface area (Å²) in [5.74, 6) is -1.42. The maximum absolute atomic E-state index is 13.0. The molecule has 1 aromatic carbocycles. The number of H-pyrrole nitrogens is 1. The molecule has 0 unspecified atom stereocenters. The van der Waals surface area contributed by atoms with Crippen LogP contribution >= 0.6 is 0 Å². The summed E-state index contributed by atoms with van der Waals surface area (Å²) < 4.78 is 38.9. The van der Waals surface area contributed by atoms with Gasteiger partial charge in [0.25, 0.3) is 5.91 Å². The van der Waals surface area contributed by atoms with E-state index < -0.39 is 18.0 Å². The lowest BCUT2D eigenvalue weighted by molar-refractivity contribution is -0.177. The van der Waals surface area contributed by atoms with Crippen molar-refractivity contribution >= 4 is 11.9 Å². The summed E-state index contributed by atoms with van der Waals surface area (Å²) in [7, 11) is 0. The quantitative estimate of drug-likeness (QED) is 0.564. The third-order valence-corrected chi connectivity index (χ3v) is 5.13. The topological polar surface area (TPSA) is 81.2 Å². The number of benzene rings is 1. The summed E-state index contributed by atoms with van der Waals surface area (Å²) in [4.78, 5) is 21.2. The van der Waals surface area contributed by atoms with E-state index in [0.717, 1.165) is 16.8 Å². The summed E-state index contributed by atoms with van der Waals surface area (Å²) in [5.41, 5.74) is 4.94. The predicted octanol–water partition coefficient (Wildman–Crippen LogP) is 2.72. The molecule has 1 aliphatic carbocycles. The van der Waals surface area contributed by atoms with Crippen molar-refractivity contribution in [1.82, 2.24) is 15.4 Å². The second-order valence-electron chi connectivity index (χ2n) is 6.71. The average Bonchev–Trinajstić information content (AvgIpc) is 3.22. The second-order valence-corrected chi connectivity index (χ2v) is 6.71. The van der Waals surface area contributed by atoms with Crippen LogP contribution in [-0.2, 0) is 25.9 Å². The van der Waals surface area contributed by atoms with Gasteiger partial charge in [0, 0.05) is 30.8 Å². The lowest BCUT2D eigenvalue weighted by Gasteiger charge is -2.23. The van der Waals surface area contributed by atoms with Crippen molar-refractivity contribution in [3.63, 3.8) is 0 Å². The van der Waals surface area contributed by atoms with Crippen molar-refractivity contribution in [1.29, 1.82) is 0 Å². The highest BCUT2D eigenvalue weighted by Crippen LogP contribution is 2.38. The number of carbonyl (C=O) groups excluding carboxylic acids is 1. The summed E-state index contributed by atoms with van der Waals surface area (Å²) >= 11 is 0. The number of aromatic nitrogens is 2. The number of nitrogens with zero attached hydrogens (tertiary/aromatic N) is 2. The van der Waals surface area contributed by atoms with Gasteiger partial charge in [-0.2, -0.15) is 13.2 Å². The van der Waals surface area contributed by atoms with Crippen molar-refractivity contribution in [3.05, 3.63) is 46.3 Å². The number of halogens is 3. The monoisotopic (exact) mass is 366 g/mol. The molecule has 26 heavy (non-hydrogen) atoms. The molecule has 1 amide bonds. The first-order valence-electron chi connectivity index (χ1n) is 8.31. The molecule has 0 bridgehead atoms. The van der Waals surface area contributed by atoms with Crippen LogP contribution in [0.1, 0.15) is 39.3 Å². The summed E-state index contributed by atoms with van der Waals surface area (Å²) in [6.45, 7) is 0.894.